The highest BCUT2D eigenvalue weighted by molar-refractivity contribution is 5.86. The molecule has 0 aliphatic heterocycles. The Morgan fingerprint density at radius 1 is 1.07 bits per heavy atom. The van der Waals surface area contributed by atoms with Gasteiger partial charge in [0.1, 0.15) is 6.10 Å². The number of rotatable bonds is 15. The zero-order valence-corrected chi connectivity index (χ0v) is 19.3. The first-order valence-corrected chi connectivity index (χ1v) is 11.9. The molecule has 3 atom stereocenters. The fraction of sp³-hybridized carbons (Fsp3) is 0.840. The maximum atomic E-state index is 13.0. The molecule has 1 aliphatic carbocycles. The van der Waals surface area contributed by atoms with Crippen molar-refractivity contribution in [2.24, 2.45) is 17.3 Å². The highest BCUT2D eigenvalue weighted by atomic mass is 16.5. The third-order valence-electron chi connectivity index (χ3n) is 6.19. The van der Waals surface area contributed by atoms with E-state index in [1.54, 1.807) is 13.0 Å². The van der Waals surface area contributed by atoms with E-state index >= 15 is 0 Å². The van der Waals surface area contributed by atoms with Crippen LogP contribution in [0.5, 0.6) is 0 Å². The molecule has 0 aromatic rings. The van der Waals surface area contributed by atoms with Gasteiger partial charge in [0.05, 0.1) is 11.3 Å². The van der Waals surface area contributed by atoms with Crippen molar-refractivity contribution in [2.75, 3.05) is 0 Å². The van der Waals surface area contributed by atoms with E-state index < -0.39 is 17.3 Å². The van der Waals surface area contributed by atoms with E-state index in [1.807, 2.05) is 6.08 Å². The summed E-state index contributed by atoms with van der Waals surface area (Å²) in [5.41, 5.74) is -1.06. The molecule has 0 saturated carbocycles. The minimum absolute atomic E-state index is 0.117. The summed E-state index contributed by atoms with van der Waals surface area (Å²) in [6, 6.07) is 0. The Morgan fingerprint density at radius 3 is 2.21 bits per heavy atom. The molecule has 4 nitrogen and oxygen atoms in total. The van der Waals surface area contributed by atoms with Gasteiger partial charge in [-0.1, -0.05) is 84.3 Å². The Morgan fingerprint density at radius 2 is 1.66 bits per heavy atom. The molecule has 0 amide bonds. The van der Waals surface area contributed by atoms with Crippen LogP contribution in [0.4, 0.5) is 0 Å². The lowest BCUT2D eigenvalue weighted by Crippen LogP contribution is -2.42. The standard InChI is InChI=1S/C25H44O4/c1-5-6-7-8-9-10-11-12-13-16-21(19-20(2)3)29-24(28)25(4)18-15-14-17-22(25)23(26)27/h15,18,20-22H,5-14,16-17,19H2,1-4H3,(H,26,27). The average Bonchev–Trinajstić information content (AvgIpc) is 2.66. The van der Waals surface area contributed by atoms with E-state index in [-0.39, 0.29) is 12.1 Å². The van der Waals surface area contributed by atoms with Crippen LogP contribution in [-0.4, -0.2) is 23.1 Å². The number of allylic oxidation sites excluding steroid dienone is 1. The second-order valence-electron chi connectivity index (χ2n) is 9.43. The molecule has 1 rings (SSSR count). The number of carbonyl (C=O) groups is 2. The molecule has 3 unspecified atom stereocenters. The quantitative estimate of drug-likeness (QED) is 0.181. The van der Waals surface area contributed by atoms with Crippen molar-refractivity contribution < 1.29 is 19.4 Å². The second-order valence-corrected chi connectivity index (χ2v) is 9.43. The Hall–Kier alpha value is -1.32. The summed E-state index contributed by atoms with van der Waals surface area (Å²) < 4.78 is 5.90. The maximum Gasteiger partial charge on any atom is 0.316 e. The Bertz CT molecular complexity index is 511. The van der Waals surface area contributed by atoms with Crippen molar-refractivity contribution in [3.8, 4) is 0 Å². The number of hydrogen-bond donors (Lipinski definition) is 1. The zero-order chi connectivity index (χ0) is 21.7. The summed E-state index contributed by atoms with van der Waals surface area (Å²) in [7, 11) is 0. The molecule has 1 aliphatic rings. The van der Waals surface area contributed by atoms with Gasteiger partial charge in [-0.05, 0) is 44.9 Å². The highest BCUT2D eigenvalue weighted by Gasteiger charge is 2.46. The molecule has 1 N–H and O–H groups in total. The lowest BCUT2D eigenvalue weighted by Gasteiger charge is -2.34. The number of carboxylic acid groups (broad SMARTS) is 1. The van der Waals surface area contributed by atoms with Crippen molar-refractivity contribution in [1.82, 2.24) is 0 Å². The van der Waals surface area contributed by atoms with E-state index in [4.69, 9.17) is 4.74 Å². The van der Waals surface area contributed by atoms with E-state index in [9.17, 15) is 14.7 Å². The van der Waals surface area contributed by atoms with Crippen LogP contribution in [0.3, 0.4) is 0 Å². The van der Waals surface area contributed by atoms with Crippen molar-refractivity contribution >= 4 is 11.9 Å². The van der Waals surface area contributed by atoms with Gasteiger partial charge in [-0.3, -0.25) is 9.59 Å². The monoisotopic (exact) mass is 408 g/mol. The van der Waals surface area contributed by atoms with E-state index in [0.717, 1.165) is 19.3 Å². The Kier molecular flexibility index (Phi) is 12.3. The number of unbranched alkanes of at least 4 members (excludes halogenated alkanes) is 8. The fourth-order valence-electron chi connectivity index (χ4n) is 4.31. The molecule has 4 heteroatoms. The summed E-state index contributed by atoms with van der Waals surface area (Å²) in [5, 5.41) is 9.55. The molecule has 0 aromatic heterocycles. The van der Waals surface area contributed by atoms with Crippen LogP contribution in [0.25, 0.3) is 0 Å². The number of ether oxygens (including phenoxy) is 1. The predicted molar refractivity (Wildman–Crippen MR) is 119 cm³/mol. The van der Waals surface area contributed by atoms with Crippen molar-refractivity contribution in [3.63, 3.8) is 0 Å². The van der Waals surface area contributed by atoms with Crippen LogP contribution in [0.15, 0.2) is 12.2 Å². The molecule has 29 heavy (non-hydrogen) atoms. The molecule has 168 valence electrons. The van der Waals surface area contributed by atoms with Gasteiger partial charge in [-0.2, -0.15) is 0 Å². The van der Waals surface area contributed by atoms with Gasteiger partial charge in [-0.15, -0.1) is 0 Å². The second kappa shape index (κ2) is 13.8. The first-order chi connectivity index (χ1) is 13.8. The summed E-state index contributed by atoms with van der Waals surface area (Å²) in [5.74, 6) is -1.54. The SMILES string of the molecule is CCCCCCCCCCCC(CC(C)C)OC(=O)C1(C)C=CCCC1C(=O)O. The average molecular weight is 409 g/mol. The summed E-state index contributed by atoms with van der Waals surface area (Å²) in [4.78, 5) is 24.6. The Balaban J connectivity index is 2.47. The van der Waals surface area contributed by atoms with Gasteiger partial charge in [0, 0.05) is 0 Å². The summed E-state index contributed by atoms with van der Waals surface area (Å²) in [6.45, 7) is 8.24. The lowest BCUT2D eigenvalue weighted by molar-refractivity contribution is -0.168. The van der Waals surface area contributed by atoms with Crippen molar-refractivity contribution in [1.29, 1.82) is 0 Å². The number of aliphatic carboxylic acids is 1. The molecular weight excluding hydrogens is 364 g/mol. The lowest BCUT2D eigenvalue weighted by atomic mass is 9.71. The van der Waals surface area contributed by atoms with Gasteiger partial charge in [0.2, 0.25) is 0 Å². The largest absolute Gasteiger partial charge is 0.481 e. The molecule has 0 heterocycles. The van der Waals surface area contributed by atoms with Gasteiger partial charge in [0.25, 0.3) is 0 Å². The number of esters is 1. The minimum atomic E-state index is -1.06. The molecule has 0 bridgehead atoms. The molecule has 0 aromatic carbocycles. The first kappa shape index (κ1) is 25.7. The van der Waals surface area contributed by atoms with Gasteiger partial charge < -0.3 is 9.84 Å². The van der Waals surface area contributed by atoms with E-state index in [0.29, 0.717) is 18.8 Å². The van der Waals surface area contributed by atoms with Crippen LogP contribution in [0, 0.1) is 17.3 Å². The van der Waals surface area contributed by atoms with Crippen LogP contribution >= 0.6 is 0 Å². The third kappa shape index (κ3) is 9.35. The van der Waals surface area contributed by atoms with E-state index in [2.05, 4.69) is 20.8 Å². The third-order valence-corrected chi connectivity index (χ3v) is 6.19. The van der Waals surface area contributed by atoms with Crippen LogP contribution in [-0.2, 0) is 14.3 Å². The van der Waals surface area contributed by atoms with Gasteiger partial charge >= 0.3 is 11.9 Å². The summed E-state index contributed by atoms with van der Waals surface area (Å²) >= 11 is 0. The fourth-order valence-corrected chi connectivity index (χ4v) is 4.31. The van der Waals surface area contributed by atoms with Gasteiger partial charge in [-0.25, -0.2) is 0 Å². The zero-order valence-electron chi connectivity index (χ0n) is 19.3. The number of carboxylic acids is 1. The van der Waals surface area contributed by atoms with Crippen molar-refractivity contribution in [2.45, 2.75) is 117 Å². The predicted octanol–water partition coefficient (Wildman–Crippen LogP) is 6.92. The smallest absolute Gasteiger partial charge is 0.316 e. The normalized spacial score (nSPS) is 22.6. The topological polar surface area (TPSA) is 63.6 Å². The molecule has 0 fully saturated rings. The molecular formula is C25H44O4. The number of hydrogen-bond acceptors (Lipinski definition) is 3. The summed E-state index contributed by atoms with van der Waals surface area (Å²) in [6.07, 6.45) is 17.9. The highest BCUT2D eigenvalue weighted by Crippen LogP contribution is 2.38. The van der Waals surface area contributed by atoms with Crippen LogP contribution in [0.2, 0.25) is 0 Å². The molecule has 0 radical (unpaired) electrons. The first-order valence-electron chi connectivity index (χ1n) is 11.9. The van der Waals surface area contributed by atoms with Gasteiger partial charge in [0.15, 0.2) is 0 Å². The minimum Gasteiger partial charge on any atom is -0.481 e. The van der Waals surface area contributed by atoms with Crippen LogP contribution < -0.4 is 0 Å². The van der Waals surface area contributed by atoms with E-state index in [1.165, 1.54) is 51.4 Å². The van der Waals surface area contributed by atoms with Crippen LogP contribution in [0.1, 0.15) is 111 Å². The molecule has 0 saturated heterocycles. The molecule has 0 spiro atoms. The maximum absolute atomic E-state index is 13.0. The Labute approximate surface area is 178 Å². The van der Waals surface area contributed by atoms with Crippen molar-refractivity contribution in [3.05, 3.63) is 12.2 Å². The number of carbonyl (C=O) groups excluding carboxylic acids is 1.